The summed E-state index contributed by atoms with van der Waals surface area (Å²) in [5, 5.41) is 0. The van der Waals surface area contributed by atoms with E-state index < -0.39 is 15.9 Å². The number of rotatable bonds is 13. The zero-order valence-electron chi connectivity index (χ0n) is 20.6. The Bertz CT molecular complexity index is 1250. The number of hydrogen-bond acceptors (Lipinski definition) is 7. The molecule has 2 aromatic carbocycles. The molecule has 3 aromatic rings. The normalized spacial score (nSPS) is 12.1. The van der Waals surface area contributed by atoms with Crippen molar-refractivity contribution < 1.29 is 27.5 Å². The van der Waals surface area contributed by atoms with Crippen molar-refractivity contribution in [1.82, 2.24) is 14.3 Å². The fourth-order valence-corrected chi connectivity index (χ4v) is 4.29. The summed E-state index contributed by atoms with van der Waals surface area (Å²) in [6.07, 6.45) is 5.19. The first-order chi connectivity index (χ1) is 17.2. The third kappa shape index (κ3) is 7.17. The summed E-state index contributed by atoms with van der Waals surface area (Å²) in [5.41, 5.74) is 3.30. The Balaban J connectivity index is 1.60. The van der Waals surface area contributed by atoms with Gasteiger partial charge in [0.05, 0.1) is 19.1 Å². The van der Waals surface area contributed by atoms with Crippen molar-refractivity contribution in [3.8, 4) is 5.75 Å². The van der Waals surface area contributed by atoms with Gasteiger partial charge in [0, 0.05) is 19.2 Å². The molecule has 9 nitrogen and oxygen atoms in total. The minimum atomic E-state index is -3.55. The Labute approximate surface area is 211 Å². The lowest BCUT2D eigenvalue weighted by Gasteiger charge is -2.15. The summed E-state index contributed by atoms with van der Waals surface area (Å²) >= 11 is 0. The van der Waals surface area contributed by atoms with E-state index in [1.807, 2.05) is 48.5 Å². The van der Waals surface area contributed by atoms with Crippen LogP contribution in [0.3, 0.4) is 0 Å². The maximum absolute atomic E-state index is 12.5. The molecule has 36 heavy (non-hydrogen) atoms. The van der Waals surface area contributed by atoms with Gasteiger partial charge < -0.3 is 14.5 Å². The molecule has 0 saturated heterocycles. The topological polar surface area (TPSA) is 119 Å². The van der Waals surface area contributed by atoms with Crippen LogP contribution in [0.25, 0.3) is 0 Å². The van der Waals surface area contributed by atoms with Gasteiger partial charge in [0.15, 0.2) is 0 Å². The van der Waals surface area contributed by atoms with Crippen LogP contribution in [-0.2, 0) is 43.8 Å². The van der Waals surface area contributed by atoms with Crippen molar-refractivity contribution in [1.29, 1.82) is 0 Å². The number of aryl methyl sites for hydroxylation is 1. The summed E-state index contributed by atoms with van der Waals surface area (Å²) in [6, 6.07) is 14.8. The smallest absolute Gasteiger partial charge is 0.319 e. The molecule has 1 aromatic heterocycles. The third-order valence-electron chi connectivity index (χ3n) is 5.69. The number of methoxy groups -OCH3 is 1. The zero-order valence-corrected chi connectivity index (χ0v) is 21.5. The molecule has 1 unspecified atom stereocenters. The number of carbonyl (C=O) groups is 2. The van der Waals surface area contributed by atoms with E-state index >= 15 is 0 Å². The fraction of sp³-hybridized carbons (Fsp3) is 0.346. The van der Waals surface area contributed by atoms with Crippen LogP contribution in [0, 0.1) is 0 Å². The molecule has 1 atom stereocenters. The number of carbonyl (C=O) groups excluding carboxylic acids is 2. The number of hydrogen-bond donors (Lipinski definition) is 1. The van der Waals surface area contributed by atoms with Crippen LogP contribution in [0.2, 0.25) is 0 Å². The molecule has 0 aliphatic carbocycles. The predicted molar refractivity (Wildman–Crippen MR) is 135 cm³/mol. The fourth-order valence-electron chi connectivity index (χ4n) is 3.71. The zero-order chi connectivity index (χ0) is 26.1. The van der Waals surface area contributed by atoms with E-state index in [1.165, 1.54) is 7.11 Å². The van der Waals surface area contributed by atoms with Crippen LogP contribution < -0.4 is 4.74 Å². The molecule has 0 saturated carbocycles. The number of imidazole rings is 1. The van der Waals surface area contributed by atoms with E-state index in [-0.39, 0.29) is 12.5 Å². The van der Waals surface area contributed by atoms with Crippen molar-refractivity contribution in [3.63, 3.8) is 0 Å². The molecule has 10 heteroatoms. The van der Waals surface area contributed by atoms with Crippen LogP contribution >= 0.6 is 0 Å². The van der Waals surface area contributed by atoms with Crippen molar-refractivity contribution in [2.24, 2.45) is 0 Å². The summed E-state index contributed by atoms with van der Waals surface area (Å²) in [6.45, 7) is 2.50. The number of aromatic amines is 1. The molecule has 0 bridgehead atoms. The summed E-state index contributed by atoms with van der Waals surface area (Å²) < 4.78 is 34.7. The second-order valence-electron chi connectivity index (χ2n) is 8.39. The first-order valence-electron chi connectivity index (χ1n) is 11.6. The van der Waals surface area contributed by atoms with E-state index in [1.54, 1.807) is 6.20 Å². The van der Waals surface area contributed by atoms with Gasteiger partial charge in [-0.15, -0.1) is 0 Å². The second-order valence-corrected chi connectivity index (χ2v) is 10.3. The molecule has 1 amide bonds. The van der Waals surface area contributed by atoms with Crippen molar-refractivity contribution in [2.75, 3.05) is 19.9 Å². The molecule has 0 radical (unpaired) electrons. The SMILES string of the molecule is CCCc1ncc(C(C(=O)OC)c2ccc(OCc3ccc(CCN(C=O)S(C)(=O)=O)cc3)cc2)[nH]1. The maximum Gasteiger partial charge on any atom is 0.319 e. The standard InChI is InChI=1S/C26H31N3O6S/c1-4-5-24-27-16-23(28-24)25(26(31)34-2)21-10-12-22(13-11-21)35-17-20-8-6-19(7-9-20)14-15-29(18-30)36(3,32)33/h6-13,16,18,25H,4-5,14-15,17H2,1-3H3,(H,27,28). The highest BCUT2D eigenvalue weighted by atomic mass is 32.2. The van der Waals surface area contributed by atoms with E-state index in [4.69, 9.17) is 9.47 Å². The van der Waals surface area contributed by atoms with Crippen LogP contribution in [0.5, 0.6) is 5.75 Å². The Morgan fingerprint density at radius 3 is 2.33 bits per heavy atom. The highest BCUT2D eigenvalue weighted by Gasteiger charge is 2.25. The number of H-pyrrole nitrogens is 1. The third-order valence-corrected chi connectivity index (χ3v) is 6.81. The number of esters is 1. The van der Waals surface area contributed by atoms with Crippen LogP contribution in [-0.4, -0.2) is 55.0 Å². The van der Waals surface area contributed by atoms with Gasteiger partial charge in [0.1, 0.15) is 24.1 Å². The largest absolute Gasteiger partial charge is 0.489 e. The monoisotopic (exact) mass is 513 g/mol. The van der Waals surface area contributed by atoms with Gasteiger partial charge in [-0.2, -0.15) is 0 Å². The number of nitrogens with one attached hydrogen (secondary N) is 1. The Morgan fingerprint density at radius 2 is 1.75 bits per heavy atom. The Kier molecular flexibility index (Phi) is 9.24. The van der Waals surface area contributed by atoms with Crippen LogP contribution in [0.15, 0.2) is 54.7 Å². The first-order valence-corrected chi connectivity index (χ1v) is 13.4. The minimum Gasteiger partial charge on any atom is -0.489 e. The number of nitrogens with zero attached hydrogens (tertiary/aromatic N) is 2. The van der Waals surface area contributed by atoms with Gasteiger partial charge in [-0.1, -0.05) is 43.3 Å². The van der Waals surface area contributed by atoms with Gasteiger partial charge in [-0.3, -0.25) is 9.59 Å². The molecule has 0 spiro atoms. The summed E-state index contributed by atoms with van der Waals surface area (Å²) in [5.74, 6) is 0.511. The number of benzene rings is 2. The minimum absolute atomic E-state index is 0.0928. The number of ether oxygens (including phenoxy) is 2. The molecular weight excluding hydrogens is 482 g/mol. The van der Waals surface area contributed by atoms with Gasteiger partial charge in [0.2, 0.25) is 16.4 Å². The van der Waals surface area contributed by atoms with E-state index in [0.29, 0.717) is 30.9 Å². The molecule has 1 N–H and O–H groups in total. The molecule has 3 rings (SSSR count). The van der Waals surface area contributed by atoms with E-state index in [0.717, 1.165) is 45.9 Å². The Morgan fingerprint density at radius 1 is 1.08 bits per heavy atom. The van der Waals surface area contributed by atoms with Crippen molar-refractivity contribution >= 4 is 22.4 Å². The molecular formula is C26H31N3O6S. The number of sulfonamides is 1. The quantitative estimate of drug-likeness (QED) is 0.275. The molecule has 0 fully saturated rings. The summed E-state index contributed by atoms with van der Waals surface area (Å²) in [7, 11) is -2.18. The van der Waals surface area contributed by atoms with Gasteiger partial charge in [-0.25, -0.2) is 17.7 Å². The first kappa shape index (κ1) is 26.9. The highest BCUT2D eigenvalue weighted by Crippen LogP contribution is 2.27. The lowest BCUT2D eigenvalue weighted by molar-refractivity contribution is -0.141. The average molecular weight is 514 g/mol. The van der Waals surface area contributed by atoms with E-state index in [9.17, 15) is 18.0 Å². The van der Waals surface area contributed by atoms with Crippen molar-refractivity contribution in [3.05, 3.63) is 82.9 Å². The second kappa shape index (κ2) is 12.3. The van der Waals surface area contributed by atoms with Crippen LogP contribution in [0.4, 0.5) is 0 Å². The Hall–Kier alpha value is -3.66. The summed E-state index contributed by atoms with van der Waals surface area (Å²) in [4.78, 5) is 31.0. The van der Waals surface area contributed by atoms with Crippen LogP contribution in [0.1, 0.15) is 47.5 Å². The average Bonchev–Trinajstić information content (AvgIpc) is 3.32. The predicted octanol–water partition coefficient (Wildman–Crippen LogP) is 3.21. The van der Waals surface area contributed by atoms with Gasteiger partial charge >= 0.3 is 5.97 Å². The molecule has 0 aliphatic rings. The molecule has 192 valence electrons. The number of aromatic nitrogens is 2. The van der Waals surface area contributed by atoms with Crippen molar-refractivity contribution in [2.45, 2.75) is 38.7 Å². The molecule has 0 aliphatic heterocycles. The lowest BCUT2D eigenvalue weighted by atomic mass is 9.96. The molecule has 1 heterocycles. The maximum atomic E-state index is 12.5. The lowest BCUT2D eigenvalue weighted by Crippen LogP contribution is -2.30. The van der Waals surface area contributed by atoms with E-state index in [2.05, 4.69) is 16.9 Å². The number of amides is 1. The van der Waals surface area contributed by atoms with Gasteiger partial charge in [-0.05, 0) is 41.7 Å². The van der Waals surface area contributed by atoms with Gasteiger partial charge in [0.25, 0.3) is 0 Å². The highest BCUT2D eigenvalue weighted by molar-refractivity contribution is 7.88.